The molecule has 4 N–H and O–H groups in total. The van der Waals surface area contributed by atoms with Gasteiger partial charge in [0.25, 0.3) is 0 Å². The highest BCUT2D eigenvalue weighted by Crippen LogP contribution is 2.30. The molecule has 0 spiro atoms. The van der Waals surface area contributed by atoms with Gasteiger partial charge in [0.05, 0.1) is 0 Å². The SMILES string of the molecule is C=CC(O)(O)OP(O)O. The Labute approximate surface area is 52.8 Å². The van der Waals surface area contributed by atoms with Crippen LogP contribution in [0.2, 0.25) is 0 Å². The summed E-state index contributed by atoms with van der Waals surface area (Å²) in [6.45, 7) is 2.95. The topological polar surface area (TPSA) is 90.2 Å². The molecule has 0 atom stereocenters. The fourth-order valence-electron chi connectivity index (χ4n) is 0.157. The van der Waals surface area contributed by atoms with Gasteiger partial charge in [-0.25, -0.2) is 0 Å². The van der Waals surface area contributed by atoms with E-state index in [1.54, 1.807) is 0 Å². The second kappa shape index (κ2) is 3.22. The summed E-state index contributed by atoms with van der Waals surface area (Å²) in [7, 11) is -2.77. The van der Waals surface area contributed by atoms with Crippen molar-refractivity contribution in [3.05, 3.63) is 12.7 Å². The Hall–Kier alpha value is -0.0300. The van der Waals surface area contributed by atoms with Gasteiger partial charge in [0.15, 0.2) is 0 Å². The average Bonchev–Trinajstić information content (AvgIpc) is 1.63. The van der Waals surface area contributed by atoms with E-state index in [0.29, 0.717) is 6.08 Å². The smallest absolute Gasteiger partial charge is 0.331 e. The molecular formula is C3H7O5P. The second-order valence-corrected chi connectivity index (χ2v) is 1.89. The van der Waals surface area contributed by atoms with Crippen molar-refractivity contribution in [1.29, 1.82) is 0 Å². The summed E-state index contributed by atoms with van der Waals surface area (Å²) in [6, 6.07) is 0. The first-order chi connectivity index (χ1) is 3.98. The standard InChI is InChI=1S/C3H7O5P/c1-2-3(4,5)8-9(6)7/h2,4-7H,1H2. The molecule has 54 valence electrons. The lowest BCUT2D eigenvalue weighted by atomic mass is 10.6. The molecule has 0 aliphatic heterocycles. The van der Waals surface area contributed by atoms with E-state index >= 15 is 0 Å². The number of aliphatic hydroxyl groups is 2. The summed E-state index contributed by atoms with van der Waals surface area (Å²) < 4.78 is 3.76. The van der Waals surface area contributed by atoms with Gasteiger partial charge in [-0.05, 0) is 6.08 Å². The van der Waals surface area contributed by atoms with Crippen LogP contribution in [0.4, 0.5) is 0 Å². The maximum atomic E-state index is 8.41. The Morgan fingerprint density at radius 2 is 1.89 bits per heavy atom. The molecular weight excluding hydrogens is 147 g/mol. The molecule has 0 aromatic rings. The van der Waals surface area contributed by atoms with Gasteiger partial charge >= 0.3 is 14.6 Å². The van der Waals surface area contributed by atoms with Crippen molar-refractivity contribution < 1.29 is 24.5 Å². The van der Waals surface area contributed by atoms with Crippen LogP contribution in [0.25, 0.3) is 0 Å². The third-order valence-corrected chi connectivity index (χ3v) is 0.914. The van der Waals surface area contributed by atoms with Gasteiger partial charge in [-0.2, -0.15) is 0 Å². The molecule has 0 saturated carbocycles. The predicted octanol–water partition coefficient (Wildman–Crippen LogP) is -0.961. The summed E-state index contributed by atoms with van der Waals surface area (Å²) in [5.41, 5.74) is 0. The molecule has 0 radical (unpaired) electrons. The summed E-state index contributed by atoms with van der Waals surface area (Å²) in [5.74, 6) is -2.64. The maximum Gasteiger partial charge on any atom is 0.331 e. The summed E-state index contributed by atoms with van der Waals surface area (Å²) >= 11 is 0. The first-order valence-electron chi connectivity index (χ1n) is 1.93. The van der Waals surface area contributed by atoms with E-state index in [2.05, 4.69) is 11.1 Å². The lowest BCUT2D eigenvalue weighted by molar-refractivity contribution is -0.256. The molecule has 5 nitrogen and oxygen atoms in total. The normalized spacial score (nSPS) is 12.1. The fourth-order valence-corrected chi connectivity index (χ4v) is 0.472. The molecule has 0 fully saturated rings. The number of rotatable bonds is 3. The van der Waals surface area contributed by atoms with Crippen molar-refractivity contribution in [2.24, 2.45) is 0 Å². The first kappa shape index (κ1) is 8.97. The largest absolute Gasteiger partial charge is 0.340 e. The monoisotopic (exact) mass is 154 g/mol. The maximum absolute atomic E-state index is 8.41. The molecule has 9 heavy (non-hydrogen) atoms. The van der Waals surface area contributed by atoms with Crippen molar-refractivity contribution in [3.63, 3.8) is 0 Å². The minimum Gasteiger partial charge on any atom is -0.340 e. The van der Waals surface area contributed by atoms with E-state index in [0.717, 1.165) is 0 Å². The van der Waals surface area contributed by atoms with Crippen LogP contribution in [0.5, 0.6) is 0 Å². The fraction of sp³-hybridized carbons (Fsp3) is 0.333. The highest BCUT2D eigenvalue weighted by Gasteiger charge is 2.23. The van der Waals surface area contributed by atoms with Gasteiger partial charge in [0.1, 0.15) is 0 Å². The van der Waals surface area contributed by atoms with E-state index in [4.69, 9.17) is 20.0 Å². The first-order valence-corrected chi connectivity index (χ1v) is 3.10. The highest BCUT2D eigenvalue weighted by atomic mass is 31.2. The molecule has 0 aliphatic rings. The average molecular weight is 154 g/mol. The Bertz CT molecular complexity index is 100. The van der Waals surface area contributed by atoms with Gasteiger partial charge in [0, 0.05) is 0 Å². The molecule has 0 aromatic carbocycles. The summed E-state index contributed by atoms with van der Waals surface area (Å²) in [4.78, 5) is 16.1. The molecule has 6 heteroatoms. The Kier molecular flexibility index (Phi) is 3.21. The minimum atomic E-state index is -2.77. The zero-order chi connectivity index (χ0) is 7.49. The molecule has 0 rings (SSSR count). The third-order valence-electron chi connectivity index (χ3n) is 0.482. The zero-order valence-electron chi connectivity index (χ0n) is 4.43. The van der Waals surface area contributed by atoms with Gasteiger partial charge in [-0.1, -0.05) is 6.58 Å². The second-order valence-electron chi connectivity index (χ2n) is 1.21. The van der Waals surface area contributed by atoms with E-state index in [1.165, 1.54) is 0 Å². The van der Waals surface area contributed by atoms with Crippen LogP contribution in [-0.4, -0.2) is 26.0 Å². The summed E-state index contributed by atoms with van der Waals surface area (Å²) in [5, 5.41) is 16.8. The molecule has 0 amide bonds. The van der Waals surface area contributed by atoms with Crippen LogP contribution in [0.1, 0.15) is 0 Å². The van der Waals surface area contributed by atoms with Crippen LogP contribution in [0.3, 0.4) is 0 Å². The van der Waals surface area contributed by atoms with Crippen molar-refractivity contribution in [1.82, 2.24) is 0 Å². The van der Waals surface area contributed by atoms with E-state index in [9.17, 15) is 0 Å². The molecule has 0 aliphatic carbocycles. The lowest BCUT2D eigenvalue weighted by Gasteiger charge is -2.16. The Morgan fingerprint density at radius 1 is 1.44 bits per heavy atom. The van der Waals surface area contributed by atoms with E-state index in [-0.39, 0.29) is 0 Å². The van der Waals surface area contributed by atoms with Crippen LogP contribution in [0, 0.1) is 0 Å². The number of hydrogen-bond donors (Lipinski definition) is 4. The summed E-state index contributed by atoms with van der Waals surface area (Å²) in [6.07, 6.45) is 0.620. The Balaban J connectivity index is 3.71. The van der Waals surface area contributed by atoms with Crippen molar-refractivity contribution in [3.8, 4) is 0 Å². The highest BCUT2D eigenvalue weighted by molar-refractivity contribution is 7.39. The minimum absolute atomic E-state index is 0.620. The molecule has 0 saturated heterocycles. The molecule has 0 heterocycles. The quantitative estimate of drug-likeness (QED) is 0.239. The van der Waals surface area contributed by atoms with Crippen LogP contribution in [-0.2, 0) is 4.52 Å². The van der Waals surface area contributed by atoms with Crippen molar-refractivity contribution in [2.75, 3.05) is 0 Å². The zero-order valence-corrected chi connectivity index (χ0v) is 5.32. The molecule has 0 bridgehead atoms. The van der Waals surface area contributed by atoms with E-state index < -0.39 is 14.6 Å². The van der Waals surface area contributed by atoms with Gasteiger partial charge in [-0.15, -0.1) is 0 Å². The van der Waals surface area contributed by atoms with Gasteiger partial charge < -0.3 is 20.0 Å². The molecule has 0 aromatic heterocycles. The van der Waals surface area contributed by atoms with Crippen LogP contribution in [0.15, 0.2) is 12.7 Å². The lowest BCUT2D eigenvalue weighted by Crippen LogP contribution is -2.26. The van der Waals surface area contributed by atoms with Crippen LogP contribution >= 0.6 is 8.60 Å². The van der Waals surface area contributed by atoms with Gasteiger partial charge in [0.2, 0.25) is 0 Å². The predicted molar refractivity (Wildman–Crippen MR) is 29.8 cm³/mol. The van der Waals surface area contributed by atoms with E-state index in [1.807, 2.05) is 0 Å². The number of hydrogen-bond acceptors (Lipinski definition) is 5. The van der Waals surface area contributed by atoms with Crippen molar-refractivity contribution >= 4 is 8.60 Å². The third kappa shape index (κ3) is 4.47. The molecule has 0 unspecified atom stereocenters. The van der Waals surface area contributed by atoms with Gasteiger partial charge in [-0.3, -0.25) is 4.52 Å². The van der Waals surface area contributed by atoms with Crippen molar-refractivity contribution in [2.45, 2.75) is 5.97 Å². The Morgan fingerprint density at radius 3 is 2.00 bits per heavy atom. The van der Waals surface area contributed by atoms with Crippen LogP contribution < -0.4 is 0 Å².